The molecule has 38 heavy (non-hydrogen) atoms. The molecular formula is C29H25F2N5O2. The second-order valence-electron chi connectivity index (χ2n) is 9.46. The lowest BCUT2D eigenvalue weighted by Gasteiger charge is -2.13. The van der Waals surface area contributed by atoms with Gasteiger partial charge in [-0.2, -0.15) is 0 Å². The lowest BCUT2D eigenvalue weighted by molar-refractivity contribution is -0.117. The van der Waals surface area contributed by atoms with E-state index in [1.54, 1.807) is 24.5 Å². The first kappa shape index (κ1) is 25.1. The quantitative estimate of drug-likeness (QED) is 0.306. The third-order valence-corrected chi connectivity index (χ3v) is 6.33. The molecule has 0 unspecified atom stereocenters. The molecule has 1 aliphatic carbocycles. The Morgan fingerprint density at radius 3 is 2.45 bits per heavy atom. The van der Waals surface area contributed by atoms with Crippen LogP contribution >= 0.6 is 0 Å². The van der Waals surface area contributed by atoms with Crippen molar-refractivity contribution in [2.24, 2.45) is 5.92 Å². The number of rotatable bonds is 7. The molecule has 1 aromatic carbocycles. The van der Waals surface area contributed by atoms with E-state index in [2.05, 4.69) is 25.6 Å². The summed E-state index contributed by atoms with van der Waals surface area (Å²) in [5.74, 6) is -3.10. The van der Waals surface area contributed by atoms with Gasteiger partial charge in [0.05, 0.1) is 11.3 Å². The summed E-state index contributed by atoms with van der Waals surface area (Å²) in [4.78, 5) is 37.4. The number of alkyl halides is 2. The van der Waals surface area contributed by atoms with Crippen molar-refractivity contribution < 1.29 is 18.4 Å². The maximum Gasteiger partial charge on any atom is 0.272 e. The Kier molecular flexibility index (Phi) is 6.67. The first-order valence-electron chi connectivity index (χ1n) is 12.2. The Morgan fingerprint density at radius 1 is 0.921 bits per heavy atom. The van der Waals surface area contributed by atoms with E-state index in [0.29, 0.717) is 17.2 Å². The molecule has 0 radical (unpaired) electrons. The summed E-state index contributed by atoms with van der Waals surface area (Å²) < 4.78 is 27.4. The van der Waals surface area contributed by atoms with Crippen LogP contribution in [-0.2, 0) is 10.7 Å². The number of carbonyl (C=O) groups is 2. The van der Waals surface area contributed by atoms with E-state index < -0.39 is 11.8 Å². The number of anilines is 2. The number of pyridine rings is 3. The van der Waals surface area contributed by atoms with Gasteiger partial charge in [0, 0.05) is 54.4 Å². The Morgan fingerprint density at radius 2 is 1.68 bits per heavy atom. The third-order valence-electron chi connectivity index (χ3n) is 6.33. The van der Waals surface area contributed by atoms with Crippen LogP contribution in [0.5, 0.6) is 0 Å². The van der Waals surface area contributed by atoms with Gasteiger partial charge in [-0.05, 0) is 78.9 Å². The fraction of sp³-hybridized carbons (Fsp3) is 0.207. The molecule has 0 atom stereocenters. The van der Waals surface area contributed by atoms with Gasteiger partial charge in [0.25, 0.3) is 11.8 Å². The number of nitrogens with one attached hydrogen (secondary N) is 2. The van der Waals surface area contributed by atoms with Gasteiger partial charge in [0.15, 0.2) is 0 Å². The van der Waals surface area contributed by atoms with Gasteiger partial charge in [-0.25, -0.2) is 13.8 Å². The van der Waals surface area contributed by atoms with Crippen molar-refractivity contribution in [3.63, 3.8) is 0 Å². The van der Waals surface area contributed by atoms with Gasteiger partial charge in [0.2, 0.25) is 5.91 Å². The van der Waals surface area contributed by atoms with Crippen molar-refractivity contribution in [3.8, 4) is 22.4 Å². The normalized spacial score (nSPS) is 13.2. The van der Waals surface area contributed by atoms with Crippen LogP contribution in [0.3, 0.4) is 0 Å². The number of hydrogen-bond donors (Lipinski definition) is 2. The first-order chi connectivity index (χ1) is 18.2. The molecule has 2 amide bonds. The molecule has 1 fully saturated rings. The summed E-state index contributed by atoms with van der Waals surface area (Å²) in [5, 5.41) is 5.63. The number of hydrogen-bond acceptors (Lipinski definition) is 5. The molecule has 4 aromatic rings. The van der Waals surface area contributed by atoms with E-state index in [1.165, 1.54) is 6.20 Å². The van der Waals surface area contributed by atoms with Crippen LogP contribution in [0.25, 0.3) is 22.4 Å². The van der Waals surface area contributed by atoms with Crippen molar-refractivity contribution in [1.82, 2.24) is 15.0 Å². The van der Waals surface area contributed by atoms with Crippen molar-refractivity contribution in [3.05, 3.63) is 90.0 Å². The van der Waals surface area contributed by atoms with Gasteiger partial charge in [-0.1, -0.05) is 6.07 Å². The highest BCUT2D eigenvalue weighted by Crippen LogP contribution is 2.32. The van der Waals surface area contributed by atoms with Crippen LogP contribution in [-0.4, -0.2) is 26.8 Å². The highest BCUT2D eigenvalue weighted by atomic mass is 19.3. The minimum atomic E-state index is -3.10. The van der Waals surface area contributed by atoms with Crippen molar-refractivity contribution in [1.29, 1.82) is 0 Å². The molecule has 0 bridgehead atoms. The van der Waals surface area contributed by atoms with Gasteiger partial charge >= 0.3 is 0 Å². The average Bonchev–Trinajstić information content (AvgIpc) is 3.75. The zero-order valence-corrected chi connectivity index (χ0v) is 20.8. The predicted molar refractivity (Wildman–Crippen MR) is 141 cm³/mol. The van der Waals surface area contributed by atoms with Crippen LogP contribution in [0.15, 0.2) is 73.3 Å². The van der Waals surface area contributed by atoms with Gasteiger partial charge in [-0.3, -0.25) is 19.6 Å². The minimum absolute atomic E-state index is 0.0169. The van der Waals surface area contributed by atoms with E-state index in [-0.39, 0.29) is 23.0 Å². The summed E-state index contributed by atoms with van der Waals surface area (Å²) >= 11 is 0. The van der Waals surface area contributed by atoms with Gasteiger partial charge in [0.1, 0.15) is 5.82 Å². The summed E-state index contributed by atoms with van der Waals surface area (Å²) in [6, 6.07) is 14.0. The van der Waals surface area contributed by atoms with Crippen LogP contribution in [0.2, 0.25) is 0 Å². The monoisotopic (exact) mass is 513 g/mol. The minimum Gasteiger partial charge on any atom is -0.322 e. The lowest BCUT2D eigenvalue weighted by atomic mass is 9.99. The molecule has 3 aromatic heterocycles. The second kappa shape index (κ2) is 10.1. The summed E-state index contributed by atoms with van der Waals surface area (Å²) in [5.41, 5.74) is 4.44. The molecule has 9 heteroatoms. The highest BCUT2D eigenvalue weighted by molar-refractivity contribution is 6.04. The molecule has 7 nitrogen and oxygen atoms in total. The predicted octanol–water partition coefficient (Wildman–Crippen LogP) is 6.23. The Balaban J connectivity index is 1.38. The SMILES string of the molecule is Cc1ccc(NC(=O)c2cncc(C(C)(F)F)c2)cc1-c1ccnc(-c2ccnc(NC(=O)C3CC3)c2)c1. The largest absolute Gasteiger partial charge is 0.322 e. The molecule has 192 valence electrons. The Bertz CT molecular complexity index is 1530. The number of carbonyl (C=O) groups excluding carboxylic acids is 2. The molecule has 1 aliphatic rings. The molecule has 1 saturated carbocycles. The third kappa shape index (κ3) is 5.72. The van der Waals surface area contributed by atoms with Crippen LogP contribution < -0.4 is 10.6 Å². The van der Waals surface area contributed by atoms with Crippen molar-refractivity contribution >= 4 is 23.3 Å². The second-order valence-corrected chi connectivity index (χ2v) is 9.46. The van der Waals surface area contributed by atoms with E-state index in [0.717, 1.165) is 54.3 Å². The molecular weight excluding hydrogens is 488 g/mol. The summed E-state index contributed by atoms with van der Waals surface area (Å²) in [7, 11) is 0. The van der Waals surface area contributed by atoms with Crippen LogP contribution in [0, 0.1) is 12.8 Å². The van der Waals surface area contributed by atoms with Crippen LogP contribution in [0.1, 0.15) is 41.3 Å². The van der Waals surface area contributed by atoms with E-state index in [4.69, 9.17) is 0 Å². The number of aryl methyl sites for hydroxylation is 1. The molecule has 0 spiro atoms. The first-order valence-corrected chi connectivity index (χ1v) is 12.2. The van der Waals surface area contributed by atoms with Crippen molar-refractivity contribution in [2.75, 3.05) is 10.6 Å². The molecule has 0 saturated heterocycles. The van der Waals surface area contributed by atoms with E-state index in [1.807, 2.05) is 37.3 Å². The fourth-order valence-corrected chi connectivity index (χ4v) is 4.01. The van der Waals surface area contributed by atoms with Gasteiger partial charge in [-0.15, -0.1) is 0 Å². The average molecular weight is 514 g/mol. The number of aromatic nitrogens is 3. The standard InChI is InChI=1S/C29H25F2N5O2/c1-17-3-6-23(35-28(38)21-11-22(16-32-15-21)29(2,30)31)14-24(17)19-7-9-33-25(12-19)20-8-10-34-26(13-20)36-27(37)18-4-5-18/h3,6-16,18H,4-5H2,1-2H3,(H,35,38)(H,34,36,37). The maximum absolute atomic E-state index is 13.7. The molecule has 2 N–H and O–H groups in total. The maximum atomic E-state index is 13.7. The van der Waals surface area contributed by atoms with Gasteiger partial charge < -0.3 is 10.6 Å². The van der Waals surface area contributed by atoms with Crippen LogP contribution in [0.4, 0.5) is 20.3 Å². The fourth-order valence-electron chi connectivity index (χ4n) is 4.01. The van der Waals surface area contributed by atoms with E-state index in [9.17, 15) is 18.4 Å². The highest BCUT2D eigenvalue weighted by Gasteiger charge is 2.30. The molecule has 3 heterocycles. The Labute approximate surface area is 218 Å². The van der Waals surface area contributed by atoms with Crippen molar-refractivity contribution in [2.45, 2.75) is 32.6 Å². The number of benzene rings is 1. The van der Waals surface area contributed by atoms with E-state index >= 15 is 0 Å². The zero-order chi connectivity index (χ0) is 26.9. The number of nitrogens with zero attached hydrogens (tertiary/aromatic N) is 3. The summed E-state index contributed by atoms with van der Waals surface area (Å²) in [6.07, 6.45) is 7.45. The smallest absolute Gasteiger partial charge is 0.272 e. The summed E-state index contributed by atoms with van der Waals surface area (Å²) in [6.45, 7) is 2.72. The zero-order valence-electron chi connectivity index (χ0n) is 20.8. The number of halogens is 2. The molecule has 5 rings (SSSR count). The molecule has 0 aliphatic heterocycles. The number of amides is 2. The topological polar surface area (TPSA) is 96.9 Å². The lowest BCUT2D eigenvalue weighted by Crippen LogP contribution is -2.15. The Hall–Kier alpha value is -4.53.